The first-order valence-electron chi connectivity index (χ1n) is 8.20. The van der Waals surface area contributed by atoms with Gasteiger partial charge in [0, 0.05) is 5.69 Å². The Hall–Kier alpha value is -2.95. The van der Waals surface area contributed by atoms with Crippen LogP contribution in [0.5, 0.6) is 0 Å². The van der Waals surface area contributed by atoms with Crippen molar-refractivity contribution in [3.05, 3.63) is 70.8 Å². The molecule has 5 nitrogen and oxygen atoms in total. The summed E-state index contributed by atoms with van der Waals surface area (Å²) < 4.78 is 1.33. The first-order valence-corrected chi connectivity index (χ1v) is 8.20. The van der Waals surface area contributed by atoms with Crippen molar-refractivity contribution < 1.29 is 4.79 Å². The Morgan fingerprint density at radius 3 is 2.52 bits per heavy atom. The highest BCUT2D eigenvalue weighted by Gasteiger charge is 2.18. The zero-order valence-corrected chi connectivity index (χ0v) is 14.6. The first-order chi connectivity index (χ1) is 11.9. The number of nitrogens with one attached hydrogen (secondary N) is 1. The Labute approximate surface area is 146 Å². The molecule has 0 radical (unpaired) electrons. The number of anilines is 1. The molecule has 0 aliphatic heterocycles. The number of fused-ring (bicyclic) bond motifs is 1. The smallest absolute Gasteiger partial charge is 0.261 e. The van der Waals surface area contributed by atoms with E-state index in [9.17, 15) is 9.59 Å². The second kappa shape index (κ2) is 6.51. The topological polar surface area (TPSA) is 64.0 Å². The minimum atomic E-state index is -0.254. The largest absolute Gasteiger partial charge is 0.324 e. The third-order valence-electron chi connectivity index (χ3n) is 4.05. The molecule has 3 rings (SSSR count). The molecule has 0 aliphatic carbocycles. The van der Waals surface area contributed by atoms with Crippen molar-refractivity contribution in [3.63, 3.8) is 0 Å². The van der Waals surface area contributed by atoms with Gasteiger partial charge in [0.25, 0.3) is 5.56 Å². The Morgan fingerprint density at radius 1 is 1.08 bits per heavy atom. The molecular weight excluding hydrogens is 314 g/mol. The van der Waals surface area contributed by atoms with Crippen molar-refractivity contribution in [2.45, 2.75) is 32.7 Å². The summed E-state index contributed by atoms with van der Waals surface area (Å²) in [5.41, 5.74) is 2.13. The molecule has 0 unspecified atom stereocenters. The molecule has 3 aromatic rings. The lowest BCUT2D eigenvalue weighted by molar-refractivity contribution is -0.116. The number of carbonyl (C=O) groups excluding carboxylic acids is 1. The molecular formula is C20H21N3O2. The number of aromatic nitrogens is 2. The van der Waals surface area contributed by atoms with Crippen molar-refractivity contribution in [1.82, 2.24) is 9.55 Å². The van der Waals surface area contributed by atoms with E-state index in [2.05, 4.69) is 31.1 Å². The number of nitrogens with zero attached hydrogens (tertiary/aromatic N) is 2. The van der Waals surface area contributed by atoms with Crippen LogP contribution in [0.3, 0.4) is 0 Å². The van der Waals surface area contributed by atoms with E-state index < -0.39 is 0 Å². The van der Waals surface area contributed by atoms with Crippen LogP contribution in [0.25, 0.3) is 10.9 Å². The molecule has 1 N–H and O–H groups in total. The van der Waals surface area contributed by atoms with E-state index in [1.54, 1.807) is 18.2 Å². The maximum atomic E-state index is 12.5. The first kappa shape index (κ1) is 16.9. The lowest BCUT2D eigenvalue weighted by Crippen LogP contribution is -2.28. The van der Waals surface area contributed by atoms with Gasteiger partial charge in [-0.05, 0) is 29.2 Å². The fourth-order valence-electron chi connectivity index (χ4n) is 2.81. The van der Waals surface area contributed by atoms with E-state index in [-0.39, 0.29) is 23.4 Å². The van der Waals surface area contributed by atoms with Gasteiger partial charge in [-0.15, -0.1) is 0 Å². The summed E-state index contributed by atoms with van der Waals surface area (Å²) in [4.78, 5) is 29.2. The Balaban J connectivity index is 1.85. The van der Waals surface area contributed by atoms with Gasteiger partial charge in [0.05, 0.1) is 17.2 Å². The summed E-state index contributed by atoms with van der Waals surface area (Å²) in [6.07, 6.45) is 1.42. The second-order valence-electron chi connectivity index (χ2n) is 7.04. The zero-order chi connectivity index (χ0) is 18.0. The van der Waals surface area contributed by atoms with Crippen molar-refractivity contribution in [1.29, 1.82) is 0 Å². The van der Waals surface area contributed by atoms with E-state index >= 15 is 0 Å². The molecule has 2 aromatic carbocycles. The number of benzene rings is 2. The lowest BCUT2D eigenvalue weighted by atomic mass is 9.86. The highest BCUT2D eigenvalue weighted by Crippen LogP contribution is 2.29. The monoisotopic (exact) mass is 335 g/mol. The molecule has 128 valence electrons. The summed E-state index contributed by atoms with van der Waals surface area (Å²) in [6.45, 7) is 6.20. The van der Waals surface area contributed by atoms with Gasteiger partial charge in [0.2, 0.25) is 5.91 Å². The predicted molar refractivity (Wildman–Crippen MR) is 99.8 cm³/mol. The van der Waals surface area contributed by atoms with Gasteiger partial charge in [0.1, 0.15) is 6.54 Å². The summed E-state index contributed by atoms with van der Waals surface area (Å²) >= 11 is 0. The molecule has 0 spiro atoms. The van der Waals surface area contributed by atoms with Gasteiger partial charge in [-0.25, -0.2) is 4.98 Å². The maximum absolute atomic E-state index is 12.5. The van der Waals surface area contributed by atoms with Gasteiger partial charge in [-0.3, -0.25) is 14.2 Å². The zero-order valence-electron chi connectivity index (χ0n) is 14.6. The van der Waals surface area contributed by atoms with Crippen LogP contribution < -0.4 is 10.9 Å². The Bertz CT molecular complexity index is 984. The van der Waals surface area contributed by atoms with Crippen molar-refractivity contribution in [3.8, 4) is 0 Å². The fraction of sp³-hybridized carbons (Fsp3) is 0.250. The van der Waals surface area contributed by atoms with Gasteiger partial charge in [0.15, 0.2) is 0 Å². The van der Waals surface area contributed by atoms with Crippen LogP contribution in [-0.4, -0.2) is 15.5 Å². The molecule has 1 aromatic heterocycles. The fourth-order valence-corrected chi connectivity index (χ4v) is 2.81. The number of para-hydroxylation sites is 2. The molecule has 5 heteroatoms. The number of carbonyl (C=O) groups is 1. The van der Waals surface area contributed by atoms with E-state index in [1.807, 2.05) is 30.3 Å². The normalized spacial score (nSPS) is 11.5. The standard InChI is InChI=1S/C20H21N3O2/c1-20(2,3)15-9-5-7-11-17(15)22-18(24)12-23-13-21-16-10-6-4-8-14(16)19(23)25/h4-11,13H,12H2,1-3H3,(H,22,24). The van der Waals surface area contributed by atoms with Gasteiger partial charge < -0.3 is 5.32 Å². The van der Waals surface area contributed by atoms with E-state index in [0.717, 1.165) is 11.3 Å². The summed E-state index contributed by atoms with van der Waals surface area (Å²) in [5.74, 6) is -0.254. The van der Waals surface area contributed by atoms with Crippen LogP contribution in [-0.2, 0) is 16.8 Å². The number of amides is 1. The molecule has 1 heterocycles. The molecule has 0 fully saturated rings. The number of rotatable bonds is 3. The van der Waals surface area contributed by atoms with Gasteiger partial charge >= 0.3 is 0 Å². The average molecular weight is 335 g/mol. The summed E-state index contributed by atoms with van der Waals surface area (Å²) in [7, 11) is 0. The second-order valence-corrected chi connectivity index (χ2v) is 7.04. The van der Waals surface area contributed by atoms with Gasteiger partial charge in [-0.2, -0.15) is 0 Å². The molecule has 0 bridgehead atoms. The van der Waals surface area contributed by atoms with Crippen molar-refractivity contribution >= 4 is 22.5 Å². The van der Waals surface area contributed by atoms with Crippen LogP contribution >= 0.6 is 0 Å². The third-order valence-corrected chi connectivity index (χ3v) is 4.05. The third kappa shape index (κ3) is 3.60. The van der Waals surface area contributed by atoms with Crippen LogP contribution in [0.1, 0.15) is 26.3 Å². The van der Waals surface area contributed by atoms with Crippen LogP contribution in [0.2, 0.25) is 0 Å². The van der Waals surface area contributed by atoms with E-state index in [1.165, 1.54) is 10.9 Å². The molecule has 25 heavy (non-hydrogen) atoms. The maximum Gasteiger partial charge on any atom is 0.261 e. The van der Waals surface area contributed by atoms with Crippen LogP contribution in [0.4, 0.5) is 5.69 Å². The molecule has 0 saturated heterocycles. The van der Waals surface area contributed by atoms with Crippen molar-refractivity contribution in [2.75, 3.05) is 5.32 Å². The SMILES string of the molecule is CC(C)(C)c1ccccc1NC(=O)Cn1cnc2ccccc2c1=O. The number of hydrogen-bond acceptors (Lipinski definition) is 3. The van der Waals surface area contributed by atoms with Crippen LogP contribution in [0, 0.1) is 0 Å². The minimum Gasteiger partial charge on any atom is -0.324 e. The average Bonchev–Trinajstić information content (AvgIpc) is 2.57. The van der Waals surface area contributed by atoms with Crippen molar-refractivity contribution in [2.24, 2.45) is 0 Å². The predicted octanol–water partition coefficient (Wildman–Crippen LogP) is 3.33. The quantitative estimate of drug-likeness (QED) is 0.798. The van der Waals surface area contributed by atoms with E-state index in [4.69, 9.17) is 0 Å². The van der Waals surface area contributed by atoms with Gasteiger partial charge in [-0.1, -0.05) is 51.1 Å². The highest BCUT2D eigenvalue weighted by atomic mass is 16.2. The summed E-state index contributed by atoms with van der Waals surface area (Å²) in [6, 6.07) is 14.8. The highest BCUT2D eigenvalue weighted by molar-refractivity contribution is 5.91. The molecule has 0 saturated carbocycles. The Morgan fingerprint density at radius 2 is 1.76 bits per heavy atom. The summed E-state index contributed by atoms with van der Waals surface area (Å²) in [5, 5.41) is 3.42. The Kier molecular flexibility index (Phi) is 4.40. The number of hydrogen-bond donors (Lipinski definition) is 1. The molecule has 0 atom stereocenters. The lowest BCUT2D eigenvalue weighted by Gasteiger charge is -2.23. The van der Waals surface area contributed by atoms with E-state index in [0.29, 0.717) is 10.9 Å². The molecule has 1 amide bonds. The van der Waals surface area contributed by atoms with Crippen LogP contribution in [0.15, 0.2) is 59.7 Å². The minimum absolute atomic E-state index is 0.0743. The molecule has 0 aliphatic rings.